The van der Waals surface area contributed by atoms with Gasteiger partial charge in [-0.15, -0.1) is 0 Å². The summed E-state index contributed by atoms with van der Waals surface area (Å²) in [5.74, 6) is 0. The Morgan fingerprint density at radius 3 is 1.93 bits per heavy atom. The largest absolute Gasteiger partial charge is 0.476 e. The van der Waals surface area contributed by atoms with Crippen molar-refractivity contribution in [2.75, 3.05) is 0 Å². The van der Waals surface area contributed by atoms with Crippen LogP contribution in [0.15, 0.2) is 4.74 Å². The minimum atomic E-state index is -4.71. The first-order valence-electron chi connectivity index (χ1n) is 4.33. The maximum Gasteiger partial charge on any atom is 0.476 e. The fourth-order valence-electron chi connectivity index (χ4n) is 0.773. The molecule has 0 saturated heterocycles. The van der Waals surface area contributed by atoms with E-state index in [9.17, 15) is 9.46 Å². The van der Waals surface area contributed by atoms with E-state index in [-0.39, 0.29) is 11.3 Å². The van der Waals surface area contributed by atoms with E-state index in [0.717, 1.165) is 11.4 Å². The summed E-state index contributed by atoms with van der Waals surface area (Å²) in [5.41, 5.74) is 0. The van der Waals surface area contributed by atoms with E-state index in [1.807, 2.05) is 0 Å². The summed E-state index contributed by atoms with van der Waals surface area (Å²) in [6.45, 7) is 3.55. The van der Waals surface area contributed by atoms with Crippen LogP contribution in [0.25, 0.3) is 0 Å². The van der Waals surface area contributed by atoms with Crippen molar-refractivity contribution in [3.8, 4) is 0 Å². The van der Waals surface area contributed by atoms with Gasteiger partial charge in [0.15, 0.2) is 0 Å². The highest BCUT2D eigenvalue weighted by atomic mass is 32.7. The lowest BCUT2D eigenvalue weighted by Crippen LogP contribution is -1.95. The highest BCUT2D eigenvalue weighted by molar-refractivity contribution is 8.56. The number of phosphoric acid groups is 1. The quantitative estimate of drug-likeness (QED) is 0.668. The van der Waals surface area contributed by atoms with Crippen LogP contribution in [0.3, 0.4) is 0 Å². The normalized spacial score (nSPS) is 16.9. The van der Waals surface area contributed by atoms with E-state index in [1.165, 1.54) is 0 Å². The van der Waals surface area contributed by atoms with E-state index in [4.69, 9.17) is 9.79 Å². The summed E-state index contributed by atoms with van der Waals surface area (Å²) < 4.78 is 18.9. The molecular formula is C6H17NO5P2S. The maximum absolute atomic E-state index is 10.7. The van der Waals surface area contributed by atoms with Gasteiger partial charge in [-0.3, -0.25) is 0 Å². The standard InChI is InChI=1S/C6H17NO5P2S/c1-5(2)7-13(8,15-6(3)4)12-14(9,10)11/h5-6,8H,1-4H3,(H2,9,10,11). The van der Waals surface area contributed by atoms with E-state index < -0.39 is 14.5 Å². The molecule has 0 rings (SSSR count). The molecule has 0 bridgehead atoms. The lowest BCUT2D eigenvalue weighted by molar-refractivity contribution is 0.282. The van der Waals surface area contributed by atoms with Crippen LogP contribution in [-0.2, 0) is 8.88 Å². The Morgan fingerprint density at radius 1 is 1.20 bits per heavy atom. The van der Waals surface area contributed by atoms with E-state index in [2.05, 4.69) is 9.06 Å². The van der Waals surface area contributed by atoms with Gasteiger partial charge in [0, 0.05) is 11.3 Å². The monoisotopic (exact) mass is 277 g/mol. The molecule has 0 amide bonds. The topological polar surface area (TPSA) is 99.4 Å². The molecule has 15 heavy (non-hydrogen) atoms. The van der Waals surface area contributed by atoms with Crippen LogP contribution in [-0.4, -0.2) is 26.0 Å². The SMILES string of the molecule is CC(C)N=P(O)(OP(=O)(O)O)SC(C)C. The Bertz CT molecular complexity index is 300. The van der Waals surface area contributed by atoms with Crippen molar-refractivity contribution < 1.29 is 23.6 Å². The average molecular weight is 277 g/mol. The van der Waals surface area contributed by atoms with Crippen molar-refractivity contribution in [1.82, 2.24) is 0 Å². The van der Waals surface area contributed by atoms with Gasteiger partial charge in [0.05, 0.1) is 0 Å². The molecule has 0 saturated carbocycles. The van der Waals surface area contributed by atoms with Crippen LogP contribution in [0.2, 0.25) is 0 Å². The van der Waals surface area contributed by atoms with Gasteiger partial charge in [-0.05, 0) is 13.8 Å². The molecule has 0 fully saturated rings. The molecule has 0 heterocycles. The first-order valence-corrected chi connectivity index (χ1v) is 8.96. The number of hydrogen-bond donors (Lipinski definition) is 3. The first kappa shape index (κ1) is 15.7. The minimum Gasteiger partial charge on any atom is -0.331 e. The van der Waals surface area contributed by atoms with Gasteiger partial charge < -0.3 is 14.7 Å². The summed E-state index contributed by atoms with van der Waals surface area (Å²) in [6, 6.07) is -0.249. The Kier molecular flexibility index (Phi) is 6.08. The van der Waals surface area contributed by atoms with Crippen LogP contribution < -0.4 is 0 Å². The van der Waals surface area contributed by atoms with Crippen LogP contribution in [0.4, 0.5) is 0 Å². The molecule has 0 radical (unpaired) electrons. The lowest BCUT2D eigenvalue weighted by Gasteiger charge is -2.20. The fourth-order valence-corrected chi connectivity index (χ4v) is 6.90. The molecule has 0 aliphatic carbocycles. The number of rotatable bonds is 5. The van der Waals surface area contributed by atoms with Crippen molar-refractivity contribution in [2.24, 2.45) is 4.74 Å². The van der Waals surface area contributed by atoms with Crippen molar-refractivity contribution in [3.05, 3.63) is 0 Å². The van der Waals surface area contributed by atoms with Gasteiger partial charge in [-0.2, -0.15) is 0 Å². The Hall–Kier alpha value is 0.650. The molecule has 0 aromatic heterocycles. The lowest BCUT2D eigenvalue weighted by atomic mass is 10.4. The fraction of sp³-hybridized carbons (Fsp3) is 1.00. The Balaban J connectivity index is 4.95. The summed E-state index contributed by atoms with van der Waals surface area (Å²) in [4.78, 5) is 27.2. The second kappa shape index (κ2) is 5.82. The second-order valence-corrected chi connectivity index (χ2v) is 9.49. The third-order valence-corrected chi connectivity index (χ3v) is 7.06. The maximum atomic E-state index is 10.7. The zero-order valence-corrected chi connectivity index (χ0v) is 11.7. The summed E-state index contributed by atoms with van der Waals surface area (Å²) in [6.07, 6.45) is 0. The highest BCUT2D eigenvalue weighted by Gasteiger charge is 2.30. The number of hydrogen-bond acceptors (Lipinski definition) is 4. The molecule has 1 atom stereocenters. The van der Waals surface area contributed by atoms with E-state index in [1.54, 1.807) is 27.7 Å². The van der Waals surface area contributed by atoms with Gasteiger partial charge in [-0.1, -0.05) is 25.2 Å². The van der Waals surface area contributed by atoms with Crippen LogP contribution in [0.5, 0.6) is 0 Å². The van der Waals surface area contributed by atoms with Crippen LogP contribution in [0.1, 0.15) is 27.7 Å². The van der Waals surface area contributed by atoms with Crippen LogP contribution >= 0.6 is 25.9 Å². The molecule has 1 unspecified atom stereocenters. The molecule has 3 N–H and O–H groups in total. The first-order chi connectivity index (χ1) is 6.54. The van der Waals surface area contributed by atoms with E-state index in [0.29, 0.717) is 0 Å². The molecule has 0 aromatic rings. The zero-order valence-electron chi connectivity index (χ0n) is 9.06. The third-order valence-electron chi connectivity index (χ3n) is 0.938. The molecule has 6 nitrogen and oxygen atoms in total. The molecule has 9 heteroatoms. The molecular weight excluding hydrogens is 260 g/mol. The van der Waals surface area contributed by atoms with Gasteiger partial charge in [0.2, 0.25) is 0 Å². The Labute approximate surface area is 93.6 Å². The van der Waals surface area contributed by atoms with Crippen molar-refractivity contribution >= 4 is 25.9 Å². The Morgan fingerprint density at radius 2 is 1.67 bits per heavy atom. The highest BCUT2D eigenvalue weighted by Crippen LogP contribution is 2.68. The van der Waals surface area contributed by atoms with Crippen LogP contribution in [0, 0.1) is 0 Å². The minimum absolute atomic E-state index is 0.0302. The van der Waals surface area contributed by atoms with Crippen molar-refractivity contribution in [3.63, 3.8) is 0 Å². The van der Waals surface area contributed by atoms with Gasteiger partial charge >= 0.3 is 7.82 Å². The predicted octanol–water partition coefficient (Wildman–Crippen LogP) is 2.58. The second-order valence-electron chi connectivity index (χ2n) is 3.43. The van der Waals surface area contributed by atoms with Crippen molar-refractivity contribution in [1.29, 1.82) is 0 Å². The average Bonchev–Trinajstić information content (AvgIpc) is 1.73. The van der Waals surface area contributed by atoms with Gasteiger partial charge in [0.1, 0.15) is 0 Å². The molecule has 0 aliphatic rings. The molecule has 0 aromatic carbocycles. The summed E-state index contributed by atoms with van der Waals surface area (Å²) in [5, 5.41) is -0.0302. The predicted molar refractivity (Wildman–Crippen MR) is 62.6 cm³/mol. The van der Waals surface area contributed by atoms with Gasteiger partial charge in [-0.25, -0.2) is 13.6 Å². The number of nitrogens with zero attached hydrogens (tertiary/aromatic N) is 1. The molecule has 0 spiro atoms. The smallest absolute Gasteiger partial charge is 0.331 e. The summed E-state index contributed by atoms with van der Waals surface area (Å²) in [7, 11) is -4.71. The molecule has 92 valence electrons. The van der Waals surface area contributed by atoms with Crippen molar-refractivity contribution in [2.45, 2.75) is 39.0 Å². The van der Waals surface area contributed by atoms with Gasteiger partial charge in [0.25, 0.3) is 6.71 Å². The molecule has 0 aliphatic heterocycles. The summed E-state index contributed by atoms with van der Waals surface area (Å²) >= 11 is 0.943. The third kappa shape index (κ3) is 8.46. The zero-order chi connectivity index (χ0) is 12.3. The van der Waals surface area contributed by atoms with E-state index >= 15 is 0 Å².